The van der Waals surface area contributed by atoms with Crippen molar-refractivity contribution in [1.82, 2.24) is 9.97 Å². The maximum absolute atomic E-state index is 5.58. The quantitative estimate of drug-likeness (QED) is 0.653. The van der Waals surface area contributed by atoms with Gasteiger partial charge in [-0.15, -0.1) is 11.3 Å². The zero-order valence-corrected chi connectivity index (χ0v) is 11.9. The molecule has 0 aliphatic carbocycles. The molecule has 0 aromatic carbocycles. The Bertz CT molecular complexity index is 560. The summed E-state index contributed by atoms with van der Waals surface area (Å²) in [4.78, 5) is 11.6. The van der Waals surface area contributed by atoms with E-state index in [1.54, 1.807) is 11.3 Å². The van der Waals surface area contributed by atoms with E-state index in [1.807, 2.05) is 11.8 Å². The van der Waals surface area contributed by atoms with Crippen LogP contribution >= 0.6 is 23.1 Å². The number of nitrogens with two attached hydrogens (primary N) is 1. The van der Waals surface area contributed by atoms with Gasteiger partial charge in [0.2, 0.25) is 0 Å². The molecule has 3 heterocycles. The maximum atomic E-state index is 5.58. The van der Waals surface area contributed by atoms with Crippen molar-refractivity contribution in [2.24, 2.45) is 5.84 Å². The van der Waals surface area contributed by atoms with E-state index in [1.165, 1.54) is 29.9 Å². The van der Waals surface area contributed by atoms with Gasteiger partial charge in [-0.25, -0.2) is 15.8 Å². The van der Waals surface area contributed by atoms with E-state index in [0.717, 1.165) is 21.9 Å². The lowest BCUT2D eigenvalue weighted by Gasteiger charge is -2.20. The molecule has 1 fully saturated rings. The Labute approximate surface area is 114 Å². The van der Waals surface area contributed by atoms with Crippen LogP contribution < -0.4 is 11.3 Å². The molecule has 96 valence electrons. The number of aromatic nitrogens is 2. The second kappa shape index (κ2) is 5.03. The Balaban J connectivity index is 2.06. The molecule has 1 aliphatic heterocycles. The van der Waals surface area contributed by atoms with Crippen LogP contribution in [-0.4, -0.2) is 15.7 Å². The predicted molar refractivity (Wildman–Crippen MR) is 79.0 cm³/mol. The van der Waals surface area contributed by atoms with E-state index < -0.39 is 0 Å². The first kappa shape index (κ1) is 12.2. The van der Waals surface area contributed by atoms with E-state index in [-0.39, 0.29) is 0 Å². The van der Waals surface area contributed by atoms with Crippen molar-refractivity contribution in [3.63, 3.8) is 0 Å². The lowest BCUT2D eigenvalue weighted by Crippen LogP contribution is -2.13. The van der Waals surface area contributed by atoms with Crippen molar-refractivity contribution in [1.29, 1.82) is 0 Å². The van der Waals surface area contributed by atoms with E-state index in [2.05, 4.69) is 23.4 Å². The predicted octanol–water partition coefficient (Wildman–Crippen LogP) is 3.24. The molecule has 0 bridgehead atoms. The van der Waals surface area contributed by atoms with Crippen LogP contribution in [0.3, 0.4) is 0 Å². The largest absolute Gasteiger partial charge is 0.308 e. The zero-order chi connectivity index (χ0) is 12.5. The van der Waals surface area contributed by atoms with Crippen molar-refractivity contribution in [3.05, 3.63) is 16.8 Å². The van der Waals surface area contributed by atoms with Crippen molar-refractivity contribution < 1.29 is 0 Å². The number of anilines is 1. The van der Waals surface area contributed by atoms with Gasteiger partial charge >= 0.3 is 0 Å². The number of nitrogen functional groups attached to an aromatic ring is 1. The van der Waals surface area contributed by atoms with Crippen LogP contribution in [0.5, 0.6) is 0 Å². The minimum Gasteiger partial charge on any atom is -0.308 e. The molecular formula is C12H16N4S2. The van der Waals surface area contributed by atoms with Crippen LogP contribution in [0.15, 0.2) is 6.07 Å². The van der Waals surface area contributed by atoms with Gasteiger partial charge in [-0.2, -0.15) is 11.8 Å². The topological polar surface area (TPSA) is 63.8 Å². The summed E-state index contributed by atoms with van der Waals surface area (Å²) in [7, 11) is 0. The second-order valence-corrected chi connectivity index (χ2v) is 7.05. The molecule has 3 N–H and O–H groups in total. The molecule has 1 saturated heterocycles. The summed E-state index contributed by atoms with van der Waals surface area (Å²) in [5, 5.41) is 1.46. The average molecular weight is 280 g/mol. The molecule has 0 spiro atoms. The summed E-state index contributed by atoms with van der Waals surface area (Å²) in [6.07, 6.45) is 3.75. The maximum Gasteiger partial charge on any atom is 0.152 e. The molecule has 0 saturated carbocycles. The third-order valence-corrected chi connectivity index (χ3v) is 5.46. The first-order valence-corrected chi connectivity index (χ1v) is 8.01. The third kappa shape index (κ3) is 2.20. The van der Waals surface area contributed by atoms with Crippen LogP contribution in [0.1, 0.15) is 35.2 Å². The lowest BCUT2D eigenvalue weighted by atomic mass is 10.2. The van der Waals surface area contributed by atoms with Gasteiger partial charge < -0.3 is 5.43 Å². The van der Waals surface area contributed by atoms with E-state index in [9.17, 15) is 0 Å². The lowest BCUT2D eigenvalue weighted by molar-refractivity contribution is 0.665. The Morgan fingerprint density at radius 2 is 2.28 bits per heavy atom. The minimum atomic E-state index is 0.428. The molecular weight excluding hydrogens is 264 g/mol. The normalized spacial score (nSPS) is 20.2. The molecule has 1 aliphatic rings. The number of hydrogen-bond donors (Lipinski definition) is 2. The fraction of sp³-hybridized carbons (Fsp3) is 0.500. The summed E-state index contributed by atoms with van der Waals surface area (Å²) >= 11 is 3.67. The van der Waals surface area contributed by atoms with Crippen molar-refractivity contribution in [3.8, 4) is 0 Å². The zero-order valence-electron chi connectivity index (χ0n) is 10.3. The first-order chi connectivity index (χ1) is 8.78. The molecule has 1 atom stereocenters. The summed E-state index contributed by atoms with van der Waals surface area (Å²) in [5.41, 5.74) is 2.71. The monoisotopic (exact) mass is 280 g/mol. The summed E-state index contributed by atoms with van der Waals surface area (Å²) in [5.74, 6) is 8.48. The number of rotatable bonds is 2. The fourth-order valence-electron chi connectivity index (χ4n) is 2.26. The Morgan fingerprint density at radius 3 is 3.00 bits per heavy atom. The SMILES string of the molecule is Cc1cc2c(NN)nc(C3CCCCS3)nc2s1. The van der Waals surface area contributed by atoms with Crippen molar-refractivity contribution in [2.45, 2.75) is 31.4 Å². The Morgan fingerprint density at radius 1 is 1.39 bits per heavy atom. The second-order valence-electron chi connectivity index (χ2n) is 4.51. The number of hydrazine groups is 1. The summed E-state index contributed by atoms with van der Waals surface area (Å²) in [6, 6.07) is 2.09. The molecule has 1 unspecified atom stereocenters. The van der Waals surface area contributed by atoms with Crippen LogP contribution in [-0.2, 0) is 0 Å². The average Bonchev–Trinajstić information content (AvgIpc) is 2.78. The Hall–Kier alpha value is -0.850. The number of nitrogens with zero attached hydrogens (tertiary/aromatic N) is 2. The van der Waals surface area contributed by atoms with Gasteiger partial charge in [-0.3, -0.25) is 0 Å². The third-order valence-electron chi connectivity index (χ3n) is 3.14. The van der Waals surface area contributed by atoms with Gasteiger partial charge in [0, 0.05) is 4.88 Å². The molecule has 2 aromatic heterocycles. The highest BCUT2D eigenvalue weighted by Crippen LogP contribution is 2.38. The molecule has 3 rings (SSSR count). The smallest absolute Gasteiger partial charge is 0.152 e. The van der Waals surface area contributed by atoms with Crippen LogP contribution in [0.2, 0.25) is 0 Å². The number of nitrogens with one attached hydrogen (secondary N) is 1. The van der Waals surface area contributed by atoms with Crippen molar-refractivity contribution in [2.75, 3.05) is 11.2 Å². The summed E-state index contributed by atoms with van der Waals surface area (Å²) in [6.45, 7) is 2.08. The van der Waals surface area contributed by atoms with Gasteiger partial charge in [0.05, 0.1) is 10.6 Å². The first-order valence-electron chi connectivity index (χ1n) is 6.14. The van der Waals surface area contributed by atoms with E-state index in [4.69, 9.17) is 10.8 Å². The summed E-state index contributed by atoms with van der Waals surface area (Å²) < 4.78 is 0. The minimum absolute atomic E-state index is 0.428. The van der Waals surface area contributed by atoms with Gasteiger partial charge in [0.15, 0.2) is 5.82 Å². The van der Waals surface area contributed by atoms with E-state index in [0.29, 0.717) is 5.25 Å². The number of aryl methyl sites for hydroxylation is 1. The van der Waals surface area contributed by atoms with E-state index >= 15 is 0 Å². The number of hydrogen-bond acceptors (Lipinski definition) is 6. The number of thioether (sulfide) groups is 1. The number of thiophene rings is 1. The van der Waals surface area contributed by atoms with Gasteiger partial charge in [-0.1, -0.05) is 6.42 Å². The molecule has 0 amide bonds. The number of fused-ring (bicyclic) bond motifs is 1. The van der Waals surface area contributed by atoms with Crippen molar-refractivity contribution >= 4 is 39.1 Å². The fourth-order valence-corrected chi connectivity index (χ4v) is 4.39. The van der Waals surface area contributed by atoms with Crippen LogP contribution in [0.25, 0.3) is 10.2 Å². The molecule has 4 nitrogen and oxygen atoms in total. The molecule has 18 heavy (non-hydrogen) atoms. The highest BCUT2D eigenvalue weighted by Gasteiger charge is 2.21. The molecule has 6 heteroatoms. The molecule has 2 aromatic rings. The highest BCUT2D eigenvalue weighted by molar-refractivity contribution is 7.99. The Kier molecular flexibility index (Phi) is 3.41. The van der Waals surface area contributed by atoms with Crippen LogP contribution in [0.4, 0.5) is 5.82 Å². The van der Waals surface area contributed by atoms with Gasteiger partial charge in [-0.05, 0) is 31.6 Å². The molecule has 0 radical (unpaired) electrons. The van der Waals surface area contributed by atoms with Crippen LogP contribution in [0, 0.1) is 6.92 Å². The standard InChI is InChI=1S/C12H16N4S2/c1-7-6-8-10(16-13)14-11(15-12(8)18-7)9-4-2-3-5-17-9/h6,9H,2-5,13H2,1H3,(H,14,15,16). The van der Waals surface area contributed by atoms with Gasteiger partial charge in [0.1, 0.15) is 10.7 Å². The highest BCUT2D eigenvalue weighted by atomic mass is 32.2. The van der Waals surface area contributed by atoms with Gasteiger partial charge in [0.25, 0.3) is 0 Å².